The van der Waals surface area contributed by atoms with E-state index >= 15 is 0 Å². The van der Waals surface area contributed by atoms with Gasteiger partial charge in [0.1, 0.15) is 12.4 Å². The summed E-state index contributed by atoms with van der Waals surface area (Å²) in [5.74, 6) is 2.76. The molecule has 4 rings (SSSR count). The summed E-state index contributed by atoms with van der Waals surface area (Å²) in [6.45, 7) is 7.96. The van der Waals surface area contributed by atoms with Crippen LogP contribution in [0.25, 0.3) is 0 Å². The molecule has 0 spiro atoms. The molecule has 1 saturated carbocycles. The lowest BCUT2D eigenvalue weighted by Gasteiger charge is -2.33. The number of halogens is 1. The van der Waals surface area contributed by atoms with Gasteiger partial charge in [0.15, 0.2) is 11.8 Å². The first-order valence-electron chi connectivity index (χ1n) is 11.8. The van der Waals surface area contributed by atoms with E-state index in [2.05, 4.69) is 56.9 Å². The van der Waals surface area contributed by atoms with Crippen LogP contribution in [0.1, 0.15) is 61.3 Å². The number of nitrogens with one attached hydrogen (secondary N) is 2. The molecule has 0 bridgehead atoms. The molecule has 2 heterocycles. The van der Waals surface area contributed by atoms with E-state index < -0.39 is 0 Å². The van der Waals surface area contributed by atoms with Gasteiger partial charge in [-0.2, -0.15) is 0 Å². The Bertz CT molecular complexity index is 880. The van der Waals surface area contributed by atoms with Gasteiger partial charge < -0.3 is 15.2 Å². The first-order valence-corrected chi connectivity index (χ1v) is 11.8. The number of likely N-dealkylation sites (tertiary alicyclic amines) is 1. The van der Waals surface area contributed by atoms with Crippen molar-refractivity contribution < 1.29 is 0 Å². The lowest BCUT2D eigenvalue weighted by molar-refractivity contribution is 0.198. The van der Waals surface area contributed by atoms with Gasteiger partial charge in [0.25, 0.3) is 0 Å². The molecule has 1 aliphatic heterocycles. The standard InChI is InChI=1S/C24H37N7.HI/c1-18-7-6-8-20(15-18)17-31-13-11-22(12-14-31)27-24(26-21-9-4-5-10-21)25-16-23-29-28-19(2)30(23)3;/h6-8,15,21-22H,4-5,9-14,16-17H2,1-3H3,(H2,25,26,27);1H. The van der Waals surface area contributed by atoms with Crippen molar-refractivity contribution in [3.05, 3.63) is 47.0 Å². The van der Waals surface area contributed by atoms with E-state index in [1.807, 2.05) is 18.5 Å². The number of benzene rings is 1. The van der Waals surface area contributed by atoms with Crippen molar-refractivity contribution in [2.45, 2.75) is 77.5 Å². The number of piperidine rings is 1. The molecule has 32 heavy (non-hydrogen) atoms. The summed E-state index contributed by atoms with van der Waals surface area (Å²) in [6, 6.07) is 9.86. The summed E-state index contributed by atoms with van der Waals surface area (Å²) >= 11 is 0. The van der Waals surface area contributed by atoms with Gasteiger partial charge in [0.05, 0.1) is 0 Å². The molecular weight excluding hydrogens is 513 g/mol. The van der Waals surface area contributed by atoms with Crippen molar-refractivity contribution >= 4 is 29.9 Å². The SMILES string of the molecule is Cc1cccc(CN2CCC(NC(=NCc3nnc(C)n3C)NC3CCCC3)CC2)c1.I. The zero-order valence-electron chi connectivity index (χ0n) is 19.7. The average Bonchev–Trinajstić information content (AvgIpc) is 3.38. The second kappa shape index (κ2) is 12.0. The number of aliphatic imine (C=N–C) groups is 1. The maximum absolute atomic E-state index is 4.88. The Morgan fingerprint density at radius 1 is 1.03 bits per heavy atom. The zero-order valence-corrected chi connectivity index (χ0v) is 22.0. The van der Waals surface area contributed by atoms with Crippen LogP contribution in [-0.4, -0.2) is 50.8 Å². The first-order chi connectivity index (χ1) is 15.1. The van der Waals surface area contributed by atoms with Crippen LogP contribution in [0.3, 0.4) is 0 Å². The monoisotopic (exact) mass is 551 g/mol. The fourth-order valence-electron chi connectivity index (χ4n) is 4.63. The second-order valence-corrected chi connectivity index (χ2v) is 9.20. The second-order valence-electron chi connectivity index (χ2n) is 9.20. The van der Waals surface area contributed by atoms with Crippen LogP contribution in [0.15, 0.2) is 29.3 Å². The summed E-state index contributed by atoms with van der Waals surface area (Å²) in [5.41, 5.74) is 2.75. The van der Waals surface area contributed by atoms with Crippen LogP contribution in [0, 0.1) is 13.8 Å². The predicted octanol–water partition coefficient (Wildman–Crippen LogP) is 3.69. The van der Waals surface area contributed by atoms with Gasteiger partial charge in [-0.05, 0) is 45.1 Å². The summed E-state index contributed by atoms with van der Waals surface area (Å²) in [5, 5.41) is 15.8. The number of aromatic nitrogens is 3. The molecule has 0 atom stereocenters. The molecule has 2 aliphatic rings. The molecule has 2 aromatic rings. The highest BCUT2D eigenvalue weighted by molar-refractivity contribution is 14.0. The third-order valence-corrected chi connectivity index (χ3v) is 6.67. The zero-order chi connectivity index (χ0) is 21.6. The molecule has 2 N–H and O–H groups in total. The van der Waals surface area contributed by atoms with Crippen LogP contribution in [-0.2, 0) is 20.1 Å². The highest BCUT2D eigenvalue weighted by Gasteiger charge is 2.22. The van der Waals surface area contributed by atoms with Gasteiger partial charge in [0.2, 0.25) is 0 Å². The Labute approximate surface area is 209 Å². The van der Waals surface area contributed by atoms with Crippen molar-refractivity contribution in [2.24, 2.45) is 12.0 Å². The van der Waals surface area contributed by atoms with Crippen LogP contribution in [0.5, 0.6) is 0 Å². The van der Waals surface area contributed by atoms with E-state index in [1.165, 1.54) is 36.8 Å². The molecule has 7 nitrogen and oxygen atoms in total. The van der Waals surface area contributed by atoms with Crippen LogP contribution in [0.4, 0.5) is 0 Å². The smallest absolute Gasteiger partial charge is 0.192 e. The minimum atomic E-state index is 0. The summed E-state index contributed by atoms with van der Waals surface area (Å²) in [7, 11) is 2.00. The van der Waals surface area contributed by atoms with Crippen molar-refractivity contribution in [1.82, 2.24) is 30.3 Å². The lowest BCUT2D eigenvalue weighted by Crippen LogP contribution is -2.50. The Kier molecular flexibility index (Phi) is 9.34. The number of hydrogen-bond donors (Lipinski definition) is 2. The number of hydrogen-bond acceptors (Lipinski definition) is 4. The minimum Gasteiger partial charge on any atom is -0.354 e. The average molecular weight is 552 g/mol. The van der Waals surface area contributed by atoms with E-state index in [-0.39, 0.29) is 24.0 Å². The summed E-state index contributed by atoms with van der Waals surface area (Å²) in [4.78, 5) is 7.45. The van der Waals surface area contributed by atoms with E-state index in [0.29, 0.717) is 18.6 Å². The van der Waals surface area contributed by atoms with Crippen molar-refractivity contribution in [1.29, 1.82) is 0 Å². The third kappa shape index (κ3) is 6.91. The Balaban J connectivity index is 0.00000289. The number of aryl methyl sites for hydroxylation is 2. The van der Waals surface area contributed by atoms with Gasteiger partial charge in [-0.25, -0.2) is 4.99 Å². The number of rotatable bonds is 6. The Hall–Kier alpha value is -1.68. The lowest BCUT2D eigenvalue weighted by atomic mass is 10.0. The molecule has 1 saturated heterocycles. The van der Waals surface area contributed by atoms with Crippen molar-refractivity contribution in [3.63, 3.8) is 0 Å². The molecule has 1 aliphatic carbocycles. The topological polar surface area (TPSA) is 70.4 Å². The molecule has 2 fully saturated rings. The van der Waals surface area contributed by atoms with E-state index in [0.717, 1.165) is 50.1 Å². The summed E-state index contributed by atoms with van der Waals surface area (Å²) in [6.07, 6.45) is 7.37. The Morgan fingerprint density at radius 2 is 1.72 bits per heavy atom. The minimum absolute atomic E-state index is 0. The molecule has 0 amide bonds. The number of guanidine groups is 1. The van der Waals surface area contributed by atoms with E-state index in [4.69, 9.17) is 4.99 Å². The first kappa shape index (κ1) is 25.0. The fourth-order valence-corrected chi connectivity index (χ4v) is 4.63. The van der Waals surface area contributed by atoms with Crippen molar-refractivity contribution in [2.75, 3.05) is 13.1 Å². The molecule has 8 heteroatoms. The molecule has 0 unspecified atom stereocenters. The fraction of sp³-hybridized carbons (Fsp3) is 0.625. The third-order valence-electron chi connectivity index (χ3n) is 6.67. The quantitative estimate of drug-likeness (QED) is 0.326. The molecule has 176 valence electrons. The van der Waals surface area contributed by atoms with Gasteiger partial charge in [-0.1, -0.05) is 42.7 Å². The maximum Gasteiger partial charge on any atom is 0.192 e. The highest BCUT2D eigenvalue weighted by atomic mass is 127. The summed E-state index contributed by atoms with van der Waals surface area (Å²) < 4.78 is 2.01. The van der Waals surface area contributed by atoms with Crippen LogP contribution >= 0.6 is 24.0 Å². The maximum atomic E-state index is 4.88. The van der Waals surface area contributed by atoms with Crippen LogP contribution < -0.4 is 10.6 Å². The largest absolute Gasteiger partial charge is 0.354 e. The molecule has 1 aromatic carbocycles. The molecule has 0 radical (unpaired) electrons. The van der Waals surface area contributed by atoms with E-state index in [1.54, 1.807) is 0 Å². The molecule has 1 aromatic heterocycles. The van der Waals surface area contributed by atoms with Gasteiger partial charge in [-0.15, -0.1) is 34.2 Å². The van der Waals surface area contributed by atoms with Crippen LogP contribution in [0.2, 0.25) is 0 Å². The van der Waals surface area contributed by atoms with Gasteiger partial charge in [0, 0.05) is 38.8 Å². The Morgan fingerprint density at radius 3 is 2.34 bits per heavy atom. The van der Waals surface area contributed by atoms with Gasteiger partial charge >= 0.3 is 0 Å². The highest BCUT2D eigenvalue weighted by Crippen LogP contribution is 2.18. The molecular formula is C24H38IN7. The van der Waals surface area contributed by atoms with E-state index in [9.17, 15) is 0 Å². The predicted molar refractivity (Wildman–Crippen MR) is 140 cm³/mol. The van der Waals surface area contributed by atoms with Gasteiger partial charge in [-0.3, -0.25) is 4.90 Å². The number of nitrogens with zero attached hydrogens (tertiary/aromatic N) is 5. The van der Waals surface area contributed by atoms with Crippen molar-refractivity contribution in [3.8, 4) is 0 Å². The normalized spacial score (nSPS) is 18.5.